The van der Waals surface area contributed by atoms with Gasteiger partial charge in [0.15, 0.2) is 5.17 Å². The molecule has 182 valence electrons. The van der Waals surface area contributed by atoms with Crippen LogP contribution >= 0.6 is 11.8 Å². The number of fused-ring (bicyclic) bond motifs is 1. The summed E-state index contributed by atoms with van der Waals surface area (Å²) in [6, 6.07) is 13.0. The van der Waals surface area contributed by atoms with E-state index in [-0.39, 0.29) is 24.1 Å². The number of aliphatic imine (C=N–C) groups is 1. The van der Waals surface area contributed by atoms with Crippen molar-refractivity contribution in [3.8, 4) is 0 Å². The molecule has 35 heavy (non-hydrogen) atoms. The molecular formula is C27H30N4O3S. The first-order chi connectivity index (χ1) is 17.1. The number of piperidine rings is 1. The number of amides is 3. The van der Waals surface area contributed by atoms with Crippen molar-refractivity contribution < 1.29 is 14.4 Å². The zero-order chi connectivity index (χ0) is 24.2. The fraction of sp³-hybridized carbons (Fsp3) is 0.407. The Balaban J connectivity index is 1.18. The molecule has 1 fully saturated rings. The van der Waals surface area contributed by atoms with Gasteiger partial charge in [0.25, 0.3) is 11.8 Å². The number of anilines is 2. The first-order valence-corrected chi connectivity index (χ1v) is 13.3. The minimum atomic E-state index is -0.498. The van der Waals surface area contributed by atoms with Crippen molar-refractivity contribution in [2.45, 2.75) is 56.6 Å². The average Bonchev–Trinajstić information content (AvgIpc) is 3.24. The van der Waals surface area contributed by atoms with Crippen LogP contribution < -0.4 is 10.6 Å². The molecule has 3 aliphatic rings. The Morgan fingerprint density at radius 2 is 1.77 bits per heavy atom. The third kappa shape index (κ3) is 5.59. The highest BCUT2D eigenvalue weighted by molar-refractivity contribution is 8.15. The van der Waals surface area contributed by atoms with Crippen LogP contribution in [0.3, 0.4) is 0 Å². The number of nitrogens with zero attached hydrogens (tertiary/aromatic N) is 2. The molecule has 1 atom stereocenters. The monoisotopic (exact) mass is 490 g/mol. The van der Waals surface area contributed by atoms with E-state index in [1.165, 1.54) is 35.7 Å². The molecular weight excluding hydrogens is 460 g/mol. The number of carbonyl (C=O) groups excluding carboxylic acids is 3. The molecule has 0 spiro atoms. The van der Waals surface area contributed by atoms with Crippen LogP contribution in [0.25, 0.3) is 0 Å². The van der Waals surface area contributed by atoms with Gasteiger partial charge in [-0.3, -0.25) is 14.4 Å². The molecule has 0 saturated carbocycles. The Hall–Kier alpha value is -3.13. The van der Waals surface area contributed by atoms with Gasteiger partial charge in [-0.25, -0.2) is 0 Å². The number of likely N-dealkylation sites (tertiary alicyclic amines) is 1. The van der Waals surface area contributed by atoms with Crippen LogP contribution in [0, 0.1) is 0 Å². The lowest BCUT2D eigenvalue weighted by Crippen LogP contribution is -2.33. The van der Waals surface area contributed by atoms with Gasteiger partial charge in [0.1, 0.15) is 5.25 Å². The van der Waals surface area contributed by atoms with E-state index >= 15 is 0 Å². The van der Waals surface area contributed by atoms with E-state index in [4.69, 9.17) is 0 Å². The maximum Gasteiger partial charge on any atom is 0.262 e. The van der Waals surface area contributed by atoms with Gasteiger partial charge in [-0.1, -0.05) is 30.0 Å². The van der Waals surface area contributed by atoms with Crippen LogP contribution in [-0.4, -0.2) is 46.1 Å². The van der Waals surface area contributed by atoms with Crippen molar-refractivity contribution in [2.75, 3.05) is 23.7 Å². The topological polar surface area (TPSA) is 90.9 Å². The first kappa shape index (κ1) is 23.6. The van der Waals surface area contributed by atoms with Crippen LogP contribution in [0.4, 0.5) is 11.4 Å². The molecule has 2 heterocycles. The van der Waals surface area contributed by atoms with Gasteiger partial charge < -0.3 is 15.5 Å². The van der Waals surface area contributed by atoms with E-state index in [1.807, 2.05) is 12.1 Å². The zero-order valence-electron chi connectivity index (χ0n) is 19.7. The summed E-state index contributed by atoms with van der Waals surface area (Å²) in [6.45, 7) is 1.83. The fourth-order valence-electron chi connectivity index (χ4n) is 4.94. The number of thioether (sulfide) groups is 1. The Morgan fingerprint density at radius 3 is 2.63 bits per heavy atom. The van der Waals surface area contributed by atoms with Gasteiger partial charge in [0.05, 0.1) is 0 Å². The number of carbonyl (C=O) groups is 3. The van der Waals surface area contributed by atoms with Crippen molar-refractivity contribution in [2.24, 2.45) is 4.99 Å². The highest BCUT2D eigenvalue weighted by atomic mass is 32.2. The summed E-state index contributed by atoms with van der Waals surface area (Å²) in [5.74, 6) is -0.716. The third-order valence-corrected chi connectivity index (χ3v) is 7.99. The number of amidine groups is 1. The maximum absolute atomic E-state index is 13.0. The predicted octanol–water partition coefficient (Wildman–Crippen LogP) is 4.63. The average molecular weight is 491 g/mol. The summed E-state index contributed by atoms with van der Waals surface area (Å²) in [5.41, 5.74) is 4.40. The summed E-state index contributed by atoms with van der Waals surface area (Å²) in [4.78, 5) is 44.4. The molecule has 0 bridgehead atoms. The molecule has 1 saturated heterocycles. The number of nitrogens with one attached hydrogen (secondary N) is 2. The van der Waals surface area contributed by atoms with Crippen LogP contribution in [0.2, 0.25) is 0 Å². The molecule has 1 unspecified atom stereocenters. The summed E-state index contributed by atoms with van der Waals surface area (Å²) in [7, 11) is 0. The van der Waals surface area contributed by atoms with E-state index in [2.05, 4.69) is 26.6 Å². The van der Waals surface area contributed by atoms with E-state index in [9.17, 15) is 14.4 Å². The number of hydrogen-bond acceptors (Lipinski definition) is 5. The lowest BCUT2D eigenvalue weighted by molar-refractivity contribution is -0.121. The van der Waals surface area contributed by atoms with Gasteiger partial charge in [-0.2, -0.15) is 4.99 Å². The standard InChI is InChI=1S/C27H30N4O3S/c32-24(17-23-26(34)30-27(35-23)31-14-4-1-5-15-31)28-20-11-6-10-19(16-20)25(33)29-22-13-7-9-18-8-2-3-12-21(18)22/h6-7,9-11,13,16,23H,1-5,8,12,14-15,17H2,(H,28,32)(H,29,33). The predicted molar refractivity (Wildman–Crippen MR) is 140 cm³/mol. The van der Waals surface area contributed by atoms with Crippen LogP contribution in [0.1, 0.15) is 60.0 Å². The van der Waals surface area contributed by atoms with Gasteiger partial charge in [0.2, 0.25) is 5.91 Å². The van der Waals surface area contributed by atoms with Crippen molar-refractivity contribution in [1.29, 1.82) is 0 Å². The summed E-state index contributed by atoms with van der Waals surface area (Å²) >= 11 is 1.39. The van der Waals surface area contributed by atoms with Crippen LogP contribution in [-0.2, 0) is 22.4 Å². The molecule has 2 aromatic rings. The molecule has 2 aliphatic heterocycles. The smallest absolute Gasteiger partial charge is 0.262 e. The quantitative estimate of drug-likeness (QED) is 0.638. The molecule has 1 aliphatic carbocycles. The number of rotatable bonds is 5. The minimum Gasteiger partial charge on any atom is -0.351 e. The summed E-state index contributed by atoms with van der Waals surface area (Å²) in [6.07, 6.45) is 7.81. The van der Waals surface area contributed by atoms with Gasteiger partial charge in [-0.05, 0) is 80.3 Å². The second kappa shape index (κ2) is 10.6. The van der Waals surface area contributed by atoms with Gasteiger partial charge >= 0.3 is 0 Å². The molecule has 8 heteroatoms. The van der Waals surface area contributed by atoms with Crippen molar-refractivity contribution in [3.63, 3.8) is 0 Å². The third-order valence-electron chi connectivity index (χ3n) is 6.78. The maximum atomic E-state index is 13.0. The second-order valence-electron chi connectivity index (χ2n) is 9.32. The molecule has 3 amide bonds. The van der Waals surface area contributed by atoms with Crippen LogP contribution in [0.5, 0.6) is 0 Å². The largest absolute Gasteiger partial charge is 0.351 e. The highest BCUT2D eigenvalue weighted by Crippen LogP contribution is 2.30. The van der Waals surface area contributed by atoms with Crippen molar-refractivity contribution in [3.05, 3.63) is 59.2 Å². The fourth-order valence-corrected chi connectivity index (χ4v) is 6.06. The Kier molecular flexibility index (Phi) is 7.18. The summed E-state index contributed by atoms with van der Waals surface area (Å²) < 4.78 is 0. The first-order valence-electron chi connectivity index (χ1n) is 12.4. The van der Waals surface area contributed by atoms with Crippen LogP contribution in [0.15, 0.2) is 47.5 Å². The van der Waals surface area contributed by atoms with E-state index in [1.54, 1.807) is 24.3 Å². The SMILES string of the molecule is O=C(CC1SC(N2CCCCC2)=NC1=O)Nc1cccc(C(=O)Nc2cccc3c2CCCC3)c1. The lowest BCUT2D eigenvalue weighted by atomic mass is 9.90. The van der Waals surface area contributed by atoms with E-state index in [0.717, 1.165) is 56.0 Å². The molecule has 5 rings (SSSR count). The van der Waals surface area contributed by atoms with Crippen molar-refractivity contribution >= 4 is 46.0 Å². The van der Waals surface area contributed by atoms with E-state index < -0.39 is 5.25 Å². The van der Waals surface area contributed by atoms with E-state index in [0.29, 0.717) is 11.3 Å². The lowest BCUT2D eigenvalue weighted by Gasteiger charge is -2.27. The molecule has 2 aromatic carbocycles. The minimum absolute atomic E-state index is 0.0525. The van der Waals surface area contributed by atoms with Crippen molar-refractivity contribution in [1.82, 2.24) is 4.90 Å². The summed E-state index contributed by atoms with van der Waals surface area (Å²) in [5, 5.41) is 6.14. The highest BCUT2D eigenvalue weighted by Gasteiger charge is 2.33. The molecule has 7 nitrogen and oxygen atoms in total. The second-order valence-corrected chi connectivity index (χ2v) is 10.5. The zero-order valence-corrected chi connectivity index (χ0v) is 20.5. The normalized spacial score (nSPS) is 19.7. The Bertz CT molecular complexity index is 1170. The number of hydrogen-bond donors (Lipinski definition) is 2. The van der Waals surface area contributed by atoms with Gasteiger partial charge in [-0.15, -0.1) is 0 Å². The Morgan fingerprint density at radius 1 is 0.971 bits per heavy atom. The molecule has 0 aromatic heterocycles. The molecule has 2 N–H and O–H groups in total. The number of aryl methyl sites for hydroxylation is 1. The Labute approximate surface area is 209 Å². The van der Waals surface area contributed by atoms with Gasteiger partial charge in [0, 0.05) is 36.4 Å². The molecule has 0 radical (unpaired) electrons. The number of benzene rings is 2.